The number of amides is 1. The van der Waals surface area contributed by atoms with Crippen molar-refractivity contribution in [3.63, 3.8) is 0 Å². The number of halogens is 2. The van der Waals surface area contributed by atoms with Crippen LogP contribution in [-0.2, 0) is 4.79 Å². The quantitative estimate of drug-likeness (QED) is 0.759. The minimum atomic E-state index is -0.975. The summed E-state index contributed by atoms with van der Waals surface area (Å²) in [6.45, 7) is 2.23. The van der Waals surface area contributed by atoms with Gasteiger partial charge in [0.2, 0.25) is 0 Å². The first-order valence-corrected chi connectivity index (χ1v) is 5.41. The van der Waals surface area contributed by atoms with Crippen LogP contribution in [0.5, 0.6) is 0 Å². The Morgan fingerprint density at radius 1 is 1.24 bits per heavy atom. The molecule has 0 unspecified atom stereocenters. The number of unbranched alkanes of at least 4 members (excludes halogenated alkanes) is 1. The molecule has 0 fully saturated rings. The average molecular weight is 239 g/mol. The van der Waals surface area contributed by atoms with Crippen molar-refractivity contribution in [3.8, 4) is 0 Å². The molecule has 0 N–H and O–H groups in total. The maximum Gasteiger partial charge on any atom is 0.299 e. The largest absolute Gasteiger partial charge is 0.305 e. The molecule has 5 heteroatoms. The molecule has 1 amide bonds. The topological polar surface area (TPSA) is 37.4 Å². The van der Waals surface area contributed by atoms with Gasteiger partial charge in [-0.05, 0) is 12.5 Å². The third kappa shape index (κ3) is 1.81. The first-order valence-electron chi connectivity index (χ1n) is 5.41. The number of benzene rings is 1. The maximum atomic E-state index is 13.4. The number of hydrogen-bond acceptors (Lipinski definition) is 2. The molecule has 2 rings (SSSR count). The van der Waals surface area contributed by atoms with Crippen LogP contribution >= 0.6 is 0 Å². The van der Waals surface area contributed by atoms with E-state index in [9.17, 15) is 18.4 Å². The molecule has 17 heavy (non-hydrogen) atoms. The zero-order valence-corrected chi connectivity index (χ0v) is 9.30. The Bertz CT molecular complexity index is 500. The summed E-state index contributed by atoms with van der Waals surface area (Å²) < 4.78 is 26.5. The van der Waals surface area contributed by atoms with E-state index in [0.717, 1.165) is 17.4 Å². The normalized spacial score (nSPS) is 14.4. The fraction of sp³-hybridized carbons (Fsp3) is 0.333. The zero-order chi connectivity index (χ0) is 12.6. The van der Waals surface area contributed by atoms with Gasteiger partial charge in [-0.25, -0.2) is 8.78 Å². The summed E-state index contributed by atoms with van der Waals surface area (Å²) in [5, 5.41) is 0. The number of hydrogen-bond donors (Lipinski definition) is 0. The van der Waals surface area contributed by atoms with Gasteiger partial charge in [0.25, 0.3) is 11.7 Å². The van der Waals surface area contributed by atoms with Gasteiger partial charge in [-0.3, -0.25) is 9.59 Å². The van der Waals surface area contributed by atoms with Crippen molar-refractivity contribution < 1.29 is 18.4 Å². The van der Waals surface area contributed by atoms with Crippen molar-refractivity contribution in [3.05, 3.63) is 29.3 Å². The summed E-state index contributed by atoms with van der Waals surface area (Å²) in [5.41, 5.74) is -0.265. The van der Waals surface area contributed by atoms with Gasteiger partial charge in [0.05, 0.1) is 11.3 Å². The molecule has 0 aromatic heterocycles. The molecule has 1 aromatic carbocycles. The molecule has 1 aromatic rings. The van der Waals surface area contributed by atoms with Crippen molar-refractivity contribution in [2.45, 2.75) is 19.8 Å². The number of nitrogens with zero attached hydrogens (tertiary/aromatic N) is 1. The van der Waals surface area contributed by atoms with Crippen molar-refractivity contribution in [2.75, 3.05) is 11.4 Å². The Hall–Kier alpha value is -1.78. The van der Waals surface area contributed by atoms with Crippen LogP contribution in [0.3, 0.4) is 0 Å². The van der Waals surface area contributed by atoms with E-state index in [2.05, 4.69) is 0 Å². The van der Waals surface area contributed by atoms with Crippen LogP contribution in [-0.4, -0.2) is 18.2 Å². The monoisotopic (exact) mass is 239 g/mol. The lowest BCUT2D eigenvalue weighted by molar-refractivity contribution is -0.114. The molecule has 90 valence electrons. The van der Waals surface area contributed by atoms with Gasteiger partial charge < -0.3 is 4.90 Å². The third-order valence-electron chi connectivity index (χ3n) is 2.73. The standard InChI is InChI=1S/C12H11F2NO2/c1-2-3-4-15-9-6-7(13)5-8(14)10(9)11(16)12(15)17/h5-6H,2-4H2,1H3. The van der Waals surface area contributed by atoms with Crippen LogP contribution in [0.15, 0.2) is 12.1 Å². The van der Waals surface area contributed by atoms with Gasteiger partial charge in [-0.15, -0.1) is 0 Å². The first-order chi connectivity index (χ1) is 8.06. The summed E-state index contributed by atoms with van der Waals surface area (Å²) in [7, 11) is 0. The fourth-order valence-electron chi connectivity index (χ4n) is 1.87. The fourth-order valence-corrected chi connectivity index (χ4v) is 1.87. The summed E-state index contributed by atoms with van der Waals surface area (Å²) in [6, 6.07) is 1.64. The number of carbonyl (C=O) groups is 2. The van der Waals surface area contributed by atoms with Gasteiger partial charge in [0, 0.05) is 12.6 Å². The van der Waals surface area contributed by atoms with Crippen molar-refractivity contribution in [1.29, 1.82) is 0 Å². The molecule has 0 aliphatic carbocycles. The molecule has 3 nitrogen and oxygen atoms in total. The van der Waals surface area contributed by atoms with Crippen LogP contribution in [0.4, 0.5) is 14.5 Å². The van der Waals surface area contributed by atoms with E-state index in [0.29, 0.717) is 19.0 Å². The SMILES string of the molecule is CCCCN1C(=O)C(=O)c2c(F)cc(F)cc21. The second kappa shape index (κ2) is 4.24. The smallest absolute Gasteiger partial charge is 0.299 e. The summed E-state index contributed by atoms with van der Waals surface area (Å²) in [4.78, 5) is 24.3. The molecule has 0 spiro atoms. The molecule has 1 heterocycles. The Kier molecular flexibility index (Phi) is 2.92. The molecule has 0 radical (unpaired) electrons. The van der Waals surface area contributed by atoms with Crippen molar-refractivity contribution in [1.82, 2.24) is 0 Å². The molecule has 0 atom stereocenters. The third-order valence-corrected chi connectivity index (χ3v) is 2.73. The Morgan fingerprint density at radius 2 is 1.94 bits per heavy atom. The Morgan fingerprint density at radius 3 is 2.59 bits per heavy atom. The van der Waals surface area contributed by atoms with Gasteiger partial charge in [-0.1, -0.05) is 13.3 Å². The van der Waals surface area contributed by atoms with E-state index in [4.69, 9.17) is 0 Å². The first kappa shape index (κ1) is 11.7. The summed E-state index contributed by atoms with van der Waals surface area (Å²) in [6.07, 6.45) is 1.50. The van der Waals surface area contributed by atoms with Crippen molar-refractivity contribution in [2.24, 2.45) is 0 Å². The molecule has 1 aliphatic rings. The molecule has 0 saturated heterocycles. The van der Waals surface area contributed by atoms with Gasteiger partial charge in [0.15, 0.2) is 0 Å². The van der Waals surface area contributed by atoms with Gasteiger partial charge >= 0.3 is 0 Å². The van der Waals surface area contributed by atoms with Crippen LogP contribution in [0.25, 0.3) is 0 Å². The molecular weight excluding hydrogens is 228 g/mol. The maximum absolute atomic E-state index is 13.4. The minimum Gasteiger partial charge on any atom is -0.305 e. The summed E-state index contributed by atoms with van der Waals surface area (Å²) >= 11 is 0. The molecular formula is C12H11F2NO2. The lowest BCUT2D eigenvalue weighted by Crippen LogP contribution is -2.30. The lowest BCUT2D eigenvalue weighted by atomic mass is 10.1. The average Bonchev–Trinajstić information content (AvgIpc) is 2.49. The van der Waals surface area contributed by atoms with E-state index in [-0.39, 0.29) is 11.3 Å². The van der Waals surface area contributed by atoms with Gasteiger partial charge in [0.1, 0.15) is 11.6 Å². The number of Topliss-reactive ketones (excluding diaryl/α,β-unsaturated/α-hetero) is 1. The molecule has 1 aliphatic heterocycles. The van der Waals surface area contributed by atoms with Gasteiger partial charge in [-0.2, -0.15) is 0 Å². The predicted octanol–water partition coefficient (Wildman–Crippen LogP) is 2.29. The van der Waals surface area contributed by atoms with E-state index in [1.807, 2.05) is 6.92 Å². The number of anilines is 1. The highest BCUT2D eigenvalue weighted by atomic mass is 19.1. The number of rotatable bonds is 3. The second-order valence-electron chi connectivity index (χ2n) is 3.92. The number of ketones is 1. The zero-order valence-electron chi connectivity index (χ0n) is 9.30. The second-order valence-corrected chi connectivity index (χ2v) is 3.92. The van der Waals surface area contributed by atoms with Crippen LogP contribution in [0.2, 0.25) is 0 Å². The Labute approximate surface area is 97.0 Å². The van der Waals surface area contributed by atoms with Crippen molar-refractivity contribution >= 4 is 17.4 Å². The van der Waals surface area contributed by atoms with E-state index in [1.54, 1.807) is 0 Å². The van der Waals surface area contributed by atoms with E-state index < -0.39 is 23.3 Å². The van der Waals surface area contributed by atoms with Crippen LogP contribution < -0.4 is 4.90 Å². The van der Waals surface area contributed by atoms with Crippen LogP contribution in [0, 0.1) is 11.6 Å². The number of carbonyl (C=O) groups excluding carboxylic acids is 2. The van der Waals surface area contributed by atoms with Crippen LogP contribution in [0.1, 0.15) is 30.1 Å². The highest BCUT2D eigenvalue weighted by Gasteiger charge is 2.38. The predicted molar refractivity (Wildman–Crippen MR) is 57.9 cm³/mol. The highest BCUT2D eigenvalue weighted by Crippen LogP contribution is 2.32. The minimum absolute atomic E-state index is 0.0472. The van der Waals surface area contributed by atoms with E-state index in [1.165, 1.54) is 0 Å². The Balaban J connectivity index is 2.48. The molecule has 0 bridgehead atoms. The van der Waals surface area contributed by atoms with E-state index >= 15 is 0 Å². The lowest BCUT2D eigenvalue weighted by Gasteiger charge is -2.15. The highest BCUT2D eigenvalue weighted by molar-refractivity contribution is 6.52. The summed E-state index contributed by atoms with van der Waals surface area (Å²) in [5.74, 6) is -3.44. The number of fused-ring (bicyclic) bond motifs is 1. The molecule has 0 saturated carbocycles.